The molecule has 2 N–H and O–H groups in total. The van der Waals surface area contributed by atoms with Gasteiger partial charge in [-0.3, -0.25) is 0 Å². The van der Waals surface area contributed by atoms with Crippen molar-refractivity contribution in [3.63, 3.8) is 0 Å². The van der Waals surface area contributed by atoms with Gasteiger partial charge in [-0.1, -0.05) is 0 Å². The summed E-state index contributed by atoms with van der Waals surface area (Å²) in [6.07, 6.45) is 5.14. The van der Waals surface area contributed by atoms with E-state index in [4.69, 9.17) is 5.73 Å². The van der Waals surface area contributed by atoms with Crippen LogP contribution in [-0.2, 0) is 9.84 Å². The van der Waals surface area contributed by atoms with Crippen molar-refractivity contribution in [3.05, 3.63) is 0 Å². The first kappa shape index (κ1) is 8.51. The van der Waals surface area contributed by atoms with Crippen molar-refractivity contribution < 1.29 is 8.42 Å². The molecule has 4 heteroatoms. The number of hydrogen-bond donors (Lipinski definition) is 1. The summed E-state index contributed by atoms with van der Waals surface area (Å²) in [4.78, 5) is 0. The number of nitrogens with two attached hydrogens (primary N) is 1. The van der Waals surface area contributed by atoms with E-state index >= 15 is 0 Å². The largest absolute Gasteiger partial charge is 0.328 e. The molecule has 0 aromatic carbocycles. The molecule has 2 saturated carbocycles. The topological polar surface area (TPSA) is 60.2 Å². The monoisotopic (exact) mass is 189 g/mol. The van der Waals surface area contributed by atoms with E-state index < -0.39 is 9.84 Å². The van der Waals surface area contributed by atoms with Crippen molar-refractivity contribution in [2.45, 2.75) is 37.0 Å². The van der Waals surface area contributed by atoms with E-state index in [1.807, 2.05) is 0 Å². The SMILES string of the molecule is CS(=O)(=O)C1CC2(CC(N)C2)C1. The zero-order valence-electron chi connectivity index (χ0n) is 7.29. The third-order valence-electron chi connectivity index (χ3n) is 3.32. The minimum absolute atomic E-state index is 0.0648. The van der Waals surface area contributed by atoms with Gasteiger partial charge in [0.05, 0.1) is 5.25 Å². The second-order valence-electron chi connectivity index (χ2n) is 4.53. The molecule has 70 valence electrons. The third kappa shape index (κ3) is 1.17. The lowest BCUT2D eigenvalue weighted by molar-refractivity contribution is 0.0158. The lowest BCUT2D eigenvalue weighted by Crippen LogP contribution is -2.56. The Balaban J connectivity index is 1.93. The van der Waals surface area contributed by atoms with Gasteiger partial charge < -0.3 is 5.73 Å². The Morgan fingerprint density at radius 1 is 1.25 bits per heavy atom. The molecule has 0 atom stereocenters. The molecular weight excluding hydrogens is 174 g/mol. The Morgan fingerprint density at radius 3 is 2.08 bits per heavy atom. The van der Waals surface area contributed by atoms with Crippen molar-refractivity contribution in [1.82, 2.24) is 0 Å². The number of rotatable bonds is 1. The fourth-order valence-corrected chi connectivity index (χ4v) is 3.91. The van der Waals surface area contributed by atoms with Crippen LogP contribution >= 0.6 is 0 Å². The molecule has 3 nitrogen and oxygen atoms in total. The van der Waals surface area contributed by atoms with Crippen molar-refractivity contribution in [3.8, 4) is 0 Å². The summed E-state index contributed by atoms with van der Waals surface area (Å²) in [5.74, 6) is 0. The van der Waals surface area contributed by atoms with E-state index in [2.05, 4.69) is 0 Å². The van der Waals surface area contributed by atoms with Crippen LogP contribution in [-0.4, -0.2) is 26.0 Å². The molecular formula is C8H15NO2S. The predicted molar refractivity (Wildman–Crippen MR) is 47.5 cm³/mol. The minimum Gasteiger partial charge on any atom is -0.328 e. The van der Waals surface area contributed by atoms with Gasteiger partial charge in [0.25, 0.3) is 0 Å². The smallest absolute Gasteiger partial charge is 0.150 e. The Kier molecular flexibility index (Phi) is 1.58. The normalized spacial score (nSPS) is 46.8. The van der Waals surface area contributed by atoms with Gasteiger partial charge in [-0.15, -0.1) is 0 Å². The van der Waals surface area contributed by atoms with Crippen LogP contribution < -0.4 is 5.73 Å². The van der Waals surface area contributed by atoms with E-state index in [9.17, 15) is 8.42 Å². The Morgan fingerprint density at radius 2 is 1.75 bits per heavy atom. The summed E-state index contributed by atoms with van der Waals surface area (Å²) >= 11 is 0. The molecule has 2 rings (SSSR count). The molecule has 0 aliphatic heterocycles. The van der Waals surface area contributed by atoms with E-state index in [0.29, 0.717) is 11.5 Å². The summed E-state index contributed by atoms with van der Waals surface area (Å²) in [6, 6.07) is 0.338. The average molecular weight is 189 g/mol. The first-order valence-corrected chi connectivity index (χ1v) is 6.31. The van der Waals surface area contributed by atoms with Crippen LogP contribution in [0.4, 0.5) is 0 Å². The molecule has 0 saturated heterocycles. The van der Waals surface area contributed by atoms with Gasteiger partial charge in [-0.2, -0.15) is 0 Å². The highest BCUT2D eigenvalue weighted by atomic mass is 32.2. The van der Waals surface area contributed by atoms with Crippen LogP contribution in [0.3, 0.4) is 0 Å². The second kappa shape index (κ2) is 2.23. The van der Waals surface area contributed by atoms with Gasteiger partial charge in [0.2, 0.25) is 0 Å². The third-order valence-corrected chi connectivity index (χ3v) is 4.86. The molecule has 0 bridgehead atoms. The lowest BCUT2D eigenvalue weighted by Gasteiger charge is -2.56. The van der Waals surface area contributed by atoms with Crippen molar-refractivity contribution in [1.29, 1.82) is 0 Å². The highest BCUT2D eigenvalue weighted by molar-refractivity contribution is 7.91. The molecule has 0 amide bonds. The zero-order chi connectivity index (χ0) is 8.98. The first-order chi connectivity index (χ1) is 5.41. The maximum absolute atomic E-state index is 11.1. The van der Waals surface area contributed by atoms with E-state index in [1.54, 1.807) is 0 Å². The summed E-state index contributed by atoms with van der Waals surface area (Å²) < 4.78 is 22.2. The number of hydrogen-bond acceptors (Lipinski definition) is 3. The molecule has 0 unspecified atom stereocenters. The zero-order valence-corrected chi connectivity index (χ0v) is 8.10. The average Bonchev–Trinajstić information content (AvgIpc) is 1.71. The van der Waals surface area contributed by atoms with Crippen LogP contribution in [0.25, 0.3) is 0 Å². The molecule has 1 spiro atoms. The maximum atomic E-state index is 11.1. The Bertz CT molecular complexity index is 282. The lowest BCUT2D eigenvalue weighted by atomic mass is 9.54. The standard InChI is InChI=1S/C8H15NO2S/c1-12(10,11)7-4-8(5-7)2-6(9)3-8/h6-7H,2-5,9H2,1H3. The van der Waals surface area contributed by atoms with E-state index in [0.717, 1.165) is 25.7 Å². The fourth-order valence-electron chi connectivity index (χ4n) is 2.59. The molecule has 0 radical (unpaired) electrons. The van der Waals surface area contributed by atoms with Crippen LogP contribution in [0.2, 0.25) is 0 Å². The van der Waals surface area contributed by atoms with Crippen molar-refractivity contribution in [2.24, 2.45) is 11.1 Å². The van der Waals surface area contributed by atoms with Crippen LogP contribution in [0.1, 0.15) is 25.7 Å². The Labute approximate surface area is 73.2 Å². The summed E-state index contributed by atoms with van der Waals surface area (Å²) in [5, 5.41) is -0.0648. The van der Waals surface area contributed by atoms with Crippen molar-refractivity contribution >= 4 is 9.84 Å². The van der Waals surface area contributed by atoms with Gasteiger partial charge in [-0.05, 0) is 31.1 Å². The molecule has 2 fully saturated rings. The highest BCUT2D eigenvalue weighted by Gasteiger charge is 2.54. The van der Waals surface area contributed by atoms with Gasteiger partial charge in [0, 0.05) is 12.3 Å². The summed E-state index contributed by atoms with van der Waals surface area (Å²) in [6.45, 7) is 0. The summed E-state index contributed by atoms with van der Waals surface area (Å²) in [7, 11) is -2.77. The van der Waals surface area contributed by atoms with Gasteiger partial charge in [-0.25, -0.2) is 8.42 Å². The van der Waals surface area contributed by atoms with E-state index in [1.165, 1.54) is 6.26 Å². The molecule has 0 aromatic heterocycles. The predicted octanol–water partition coefficient (Wildman–Crippen LogP) is 0.301. The fraction of sp³-hybridized carbons (Fsp3) is 1.00. The van der Waals surface area contributed by atoms with E-state index in [-0.39, 0.29) is 5.25 Å². The van der Waals surface area contributed by atoms with Gasteiger partial charge in [0.15, 0.2) is 0 Å². The first-order valence-electron chi connectivity index (χ1n) is 4.36. The van der Waals surface area contributed by atoms with Crippen LogP contribution in [0, 0.1) is 5.41 Å². The molecule has 12 heavy (non-hydrogen) atoms. The van der Waals surface area contributed by atoms with Gasteiger partial charge in [0.1, 0.15) is 9.84 Å². The van der Waals surface area contributed by atoms with Crippen LogP contribution in [0.5, 0.6) is 0 Å². The maximum Gasteiger partial charge on any atom is 0.150 e. The Hall–Kier alpha value is -0.0900. The quantitative estimate of drug-likeness (QED) is 0.645. The molecule has 2 aliphatic carbocycles. The van der Waals surface area contributed by atoms with Crippen LogP contribution in [0.15, 0.2) is 0 Å². The minimum atomic E-state index is -2.77. The van der Waals surface area contributed by atoms with Gasteiger partial charge >= 0.3 is 0 Å². The number of sulfone groups is 1. The molecule has 0 aromatic rings. The molecule has 0 heterocycles. The van der Waals surface area contributed by atoms with Crippen molar-refractivity contribution in [2.75, 3.05) is 6.26 Å². The highest BCUT2D eigenvalue weighted by Crippen LogP contribution is 2.56. The summed E-state index contributed by atoms with van der Waals surface area (Å²) in [5.41, 5.74) is 6.01. The molecule has 2 aliphatic rings. The second-order valence-corrected chi connectivity index (χ2v) is 6.85.